The topological polar surface area (TPSA) is 102 Å². The number of esters is 1. The minimum absolute atomic E-state index is 0.00777. The van der Waals surface area contributed by atoms with E-state index in [1.165, 1.54) is 41.3 Å². The molecule has 0 saturated carbocycles. The molecule has 1 fully saturated rings. The molecule has 1 saturated heterocycles. The summed E-state index contributed by atoms with van der Waals surface area (Å²) in [5.74, 6) is -1.57. The average Bonchev–Trinajstić information content (AvgIpc) is 3.50. The lowest BCUT2D eigenvalue weighted by Gasteiger charge is -2.28. The molecule has 0 radical (unpaired) electrons. The summed E-state index contributed by atoms with van der Waals surface area (Å²) in [7, 11) is 0. The third-order valence-corrected chi connectivity index (χ3v) is 6.28. The Hall–Kier alpha value is -4.73. The van der Waals surface area contributed by atoms with Gasteiger partial charge in [0.1, 0.15) is 11.9 Å². The van der Waals surface area contributed by atoms with Crippen LogP contribution in [-0.2, 0) is 20.9 Å². The van der Waals surface area contributed by atoms with Crippen molar-refractivity contribution in [3.63, 3.8) is 0 Å². The molecular formula is C28H23FN2O7. The maximum atomic E-state index is 13.6. The smallest absolute Gasteiger partial charge is 0.338 e. The fourth-order valence-corrected chi connectivity index (χ4v) is 4.41. The van der Waals surface area contributed by atoms with Crippen molar-refractivity contribution in [3.8, 4) is 11.5 Å². The van der Waals surface area contributed by atoms with Gasteiger partial charge in [-0.3, -0.25) is 14.4 Å². The van der Waals surface area contributed by atoms with Crippen LogP contribution in [0.3, 0.4) is 0 Å². The molecule has 2 heterocycles. The molecule has 3 amide bonds. The van der Waals surface area contributed by atoms with Crippen LogP contribution in [-0.4, -0.2) is 48.0 Å². The van der Waals surface area contributed by atoms with E-state index in [-0.39, 0.29) is 43.2 Å². The lowest BCUT2D eigenvalue weighted by Crippen LogP contribution is -2.45. The SMILES string of the molecule is CCOC(=O)c1ccc(N2C(=O)CC(N(Cc3ccc4c(c3)OCO4)C(=O)c3ccc(F)cc3)C2=O)cc1. The highest BCUT2D eigenvalue weighted by Gasteiger charge is 2.44. The molecule has 3 aromatic rings. The van der Waals surface area contributed by atoms with Crippen LogP contribution in [0.2, 0.25) is 0 Å². The molecule has 10 heteroatoms. The van der Waals surface area contributed by atoms with E-state index >= 15 is 0 Å². The predicted molar refractivity (Wildman–Crippen MR) is 132 cm³/mol. The average molecular weight is 518 g/mol. The van der Waals surface area contributed by atoms with E-state index in [0.29, 0.717) is 17.1 Å². The Morgan fingerprint density at radius 1 is 0.974 bits per heavy atom. The fraction of sp³-hybridized carbons (Fsp3) is 0.214. The number of benzene rings is 3. The normalized spacial score (nSPS) is 16.1. The summed E-state index contributed by atoms with van der Waals surface area (Å²) < 4.78 is 29.3. The molecule has 9 nitrogen and oxygen atoms in total. The zero-order chi connectivity index (χ0) is 26.8. The van der Waals surface area contributed by atoms with Crippen molar-refractivity contribution in [2.45, 2.75) is 25.9 Å². The monoisotopic (exact) mass is 518 g/mol. The standard InChI is InChI=1S/C28H23FN2O7/c1-2-36-28(35)19-6-10-21(11-7-19)31-25(32)14-22(27(31)34)30(26(33)18-4-8-20(29)9-5-18)15-17-3-12-23-24(13-17)38-16-37-23/h3-13,22H,2,14-16H2,1H3. The molecule has 0 bridgehead atoms. The molecule has 0 aliphatic carbocycles. The summed E-state index contributed by atoms with van der Waals surface area (Å²) in [6.45, 7) is 1.98. The number of ether oxygens (including phenoxy) is 3. The Morgan fingerprint density at radius 3 is 2.37 bits per heavy atom. The summed E-state index contributed by atoms with van der Waals surface area (Å²) in [6, 6.07) is 14.9. The number of nitrogens with zero attached hydrogens (tertiary/aromatic N) is 2. The fourth-order valence-electron chi connectivity index (χ4n) is 4.41. The van der Waals surface area contributed by atoms with Gasteiger partial charge in [-0.05, 0) is 73.2 Å². The minimum Gasteiger partial charge on any atom is -0.462 e. The summed E-state index contributed by atoms with van der Waals surface area (Å²) in [6.07, 6.45) is -0.240. The van der Waals surface area contributed by atoms with Crippen LogP contribution in [0.4, 0.5) is 10.1 Å². The zero-order valence-electron chi connectivity index (χ0n) is 20.4. The van der Waals surface area contributed by atoms with Crippen molar-refractivity contribution in [2.75, 3.05) is 18.3 Å². The largest absolute Gasteiger partial charge is 0.462 e. The molecule has 1 unspecified atom stereocenters. The second-order valence-corrected chi connectivity index (χ2v) is 8.68. The number of rotatable bonds is 7. The molecule has 0 spiro atoms. The third-order valence-electron chi connectivity index (χ3n) is 6.28. The van der Waals surface area contributed by atoms with Crippen LogP contribution in [0.1, 0.15) is 39.6 Å². The van der Waals surface area contributed by atoms with Crippen LogP contribution in [0.5, 0.6) is 11.5 Å². The van der Waals surface area contributed by atoms with Crippen LogP contribution >= 0.6 is 0 Å². The van der Waals surface area contributed by atoms with Crippen molar-refractivity contribution in [2.24, 2.45) is 0 Å². The number of hydrogen-bond acceptors (Lipinski definition) is 7. The van der Waals surface area contributed by atoms with Gasteiger partial charge < -0.3 is 19.1 Å². The summed E-state index contributed by atoms with van der Waals surface area (Å²) >= 11 is 0. The zero-order valence-corrected chi connectivity index (χ0v) is 20.4. The Balaban J connectivity index is 1.44. The Morgan fingerprint density at radius 2 is 1.66 bits per heavy atom. The van der Waals surface area contributed by atoms with Gasteiger partial charge in [0.15, 0.2) is 11.5 Å². The Labute approximate surface area is 217 Å². The van der Waals surface area contributed by atoms with Gasteiger partial charge in [0.05, 0.1) is 24.3 Å². The number of anilines is 1. The molecule has 2 aliphatic heterocycles. The lowest BCUT2D eigenvalue weighted by molar-refractivity contribution is -0.122. The lowest BCUT2D eigenvalue weighted by atomic mass is 10.1. The highest BCUT2D eigenvalue weighted by Crippen LogP contribution is 2.34. The van der Waals surface area contributed by atoms with Crippen molar-refractivity contribution >= 4 is 29.4 Å². The second-order valence-electron chi connectivity index (χ2n) is 8.68. The number of halogens is 1. The van der Waals surface area contributed by atoms with Crippen LogP contribution in [0.25, 0.3) is 0 Å². The van der Waals surface area contributed by atoms with E-state index in [1.807, 2.05) is 0 Å². The number of carbonyl (C=O) groups is 4. The first kappa shape index (κ1) is 24.9. The van der Waals surface area contributed by atoms with Crippen LogP contribution in [0.15, 0.2) is 66.7 Å². The van der Waals surface area contributed by atoms with Gasteiger partial charge in [-0.1, -0.05) is 6.07 Å². The summed E-state index contributed by atoms with van der Waals surface area (Å²) in [5.41, 5.74) is 1.38. The second kappa shape index (κ2) is 10.3. The summed E-state index contributed by atoms with van der Waals surface area (Å²) in [4.78, 5) is 54.4. The number of carbonyl (C=O) groups excluding carboxylic acids is 4. The van der Waals surface area contributed by atoms with Gasteiger partial charge in [0, 0.05) is 12.1 Å². The van der Waals surface area contributed by atoms with Crippen LogP contribution in [0, 0.1) is 5.82 Å². The highest BCUT2D eigenvalue weighted by molar-refractivity contribution is 6.23. The van der Waals surface area contributed by atoms with Gasteiger partial charge >= 0.3 is 5.97 Å². The van der Waals surface area contributed by atoms with Gasteiger partial charge in [-0.25, -0.2) is 14.1 Å². The maximum Gasteiger partial charge on any atom is 0.338 e. The first-order valence-corrected chi connectivity index (χ1v) is 11.9. The minimum atomic E-state index is -1.10. The van der Waals surface area contributed by atoms with E-state index in [2.05, 4.69) is 0 Å². The predicted octanol–water partition coefficient (Wildman–Crippen LogP) is 3.71. The van der Waals surface area contributed by atoms with Crippen molar-refractivity contribution < 1.29 is 37.8 Å². The maximum absolute atomic E-state index is 13.6. The van der Waals surface area contributed by atoms with E-state index in [1.54, 1.807) is 25.1 Å². The van der Waals surface area contributed by atoms with Crippen molar-refractivity contribution in [3.05, 3.63) is 89.2 Å². The van der Waals surface area contributed by atoms with E-state index < -0.39 is 35.5 Å². The van der Waals surface area contributed by atoms with Gasteiger partial charge in [-0.15, -0.1) is 0 Å². The van der Waals surface area contributed by atoms with Crippen molar-refractivity contribution in [1.82, 2.24) is 4.90 Å². The third kappa shape index (κ3) is 4.80. The van der Waals surface area contributed by atoms with Gasteiger partial charge in [0.2, 0.25) is 12.7 Å². The molecule has 194 valence electrons. The van der Waals surface area contributed by atoms with Gasteiger partial charge in [0.25, 0.3) is 11.8 Å². The molecule has 38 heavy (non-hydrogen) atoms. The number of fused-ring (bicyclic) bond motifs is 1. The van der Waals surface area contributed by atoms with Gasteiger partial charge in [-0.2, -0.15) is 0 Å². The summed E-state index contributed by atoms with van der Waals surface area (Å²) in [5, 5.41) is 0. The number of hydrogen-bond donors (Lipinski definition) is 0. The molecule has 5 rings (SSSR count). The molecule has 0 aromatic heterocycles. The van der Waals surface area contributed by atoms with E-state index in [0.717, 1.165) is 17.0 Å². The molecule has 1 atom stereocenters. The Bertz CT molecular complexity index is 1410. The van der Waals surface area contributed by atoms with E-state index in [4.69, 9.17) is 14.2 Å². The first-order valence-electron chi connectivity index (χ1n) is 11.9. The highest BCUT2D eigenvalue weighted by atomic mass is 19.1. The molecule has 0 N–H and O–H groups in total. The quantitative estimate of drug-likeness (QED) is 0.347. The molecular weight excluding hydrogens is 495 g/mol. The first-order chi connectivity index (χ1) is 18.4. The molecule has 3 aromatic carbocycles. The number of amides is 3. The number of imide groups is 1. The molecule has 2 aliphatic rings. The Kier molecular flexibility index (Phi) is 6.78. The van der Waals surface area contributed by atoms with Crippen LogP contribution < -0.4 is 14.4 Å². The van der Waals surface area contributed by atoms with E-state index in [9.17, 15) is 23.6 Å². The van der Waals surface area contributed by atoms with Crippen molar-refractivity contribution in [1.29, 1.82) is 0 Å².